The molecule has 2 aromatic carbocycles. The van der Waals surface area contributed by atoms with Crippen LogP contribution in [0.5, 0.6) is 5.75 Å². The van der Waals surface area contributed by atoms with Gasteiger partial charge in [-0.05, 0) is 41.8 Å². The van der Waals surface area contributed by atoms with Crippen molar-refractivity contribution < 1.29 is 4.74 Å². The van der Waals surface area contributed by atoms with Crippen molar-refractivity contribution in [3.63, 3.8) is 0 Å². The highest BCUT2D eigenvalue weighted by Crippen LogP contribution is 2.30. The largest absolute Gasteiger partial charge is 0.497 e. The van der Waals surface area contributed by atoms with E-state index in [0.29, 0.717) is 10.8 Å². The Morgan fingerprint density at radius 1 is 1.03 bits per heavy atom. The minimum atomic E-state index is 0.453. The molecule has 31 heavy (non-hydrogen) atoms. The van der Waals surface area contributed by atoms with Crippen LogP contribution >= 0.6 is 23.2 Å². The molecule has 1 fully saturated rings. The highest BCUT2D eigenvalue weighted by atomic mass is 35.5. The fourth-order valence-corrected chi connectivity index (χ4v) is 4.41. The van der Waals surface area contributed by atoms with Gasteiger partial charge in [-0.25, -0.2) is 9.97 Å². The molecule has 4 rings (SSSR count). The molecule has 1 saturated heterocycles. The van der Waals surface area contributed by atoms with Crippen LogP contribution in [-0.4, -0.2) is 48.2 Å². The molecule has 1 aliphatic heterocycles. The number of hydrogen-bond acceptors (Lipinski definition) is 6. The summed E-state index contributed by atoms with van der Waals surface area (Å²) >= 11 is 12.5. The summed E-state index contributed by atoms with van der Waals surface area (Å²) in [4.78, 5) is 14.2. The number of ether oxygens (including phenoxy) is 1. The summed E-state index contributed by atoms with van der Waals surface area (Å²) in [6.45, 7) is 6.33. The zero-order valence-electron chi connectivity index (χ0n) is 17.9. The molecular weight excluding hydrogens is 433 g/mol. The van der Waals surface area contributed by atoms with Crippen molar-refractivity contribution >= 4 is 45.9 Å². The predicted molar refractivity (Wildman–Crippen MR) is 128 cm³/mol. The quantitative estimate of drug-likeness (QED) is 0.570. The van der Waals surface area contributed by atoms with Gasteiger partial charge in [-0.3, -0.25) is 4.90 Å². The summed E-state index contributed by atoms with van der Waals surface area (Å²) < 4.78 is 5.43. The number of fused-ring (bicyclic) bond motifs is 1. The molecule has 0 radical (unpaired) electrons. The number of aryl methyl sites for hydroxylation is 1. The second-order valence-corrected chi connectivity index (χ2v) is 8.68. The van der Waals surface area contributed by atoms with E-state index in [0.717, 1.165) is 84.3 Å². The van der Waals surface area contributed by atoms with Crippen LogP contribution in [0.15, 0.2) is 30.3 Å². The van der Waals surface area contributed by atoms with Crippen LogP contribution in [-0.2, 0) is 13.0 Å². The number of piperazine rings is 1. The van der Waals surface area contributed by atoms with Gasteiger partial charge < -0.3 is 15.4 Å². The second kappa shape index (κ2) is 9.47. The van der Waals surface area contributed by atoms with Gasteiger partial charge in [0.15, 0.2) is 11.6 Å². The predicted octanol–water partition coefficient (Wildman–Crippen LogP) is 4.80. The number of halogens is 2. The lowest BCUT2D eigenvalue weighted by molar-refractivity contribution is 0.249. The summed E-state index contributed by atoms with van der Waals surface area (Å²) in [5.41, 5.74) is 10.2. The Labute approximate surface area is 192 Å². The van der Waals surface area contributed by atoms with E-state index in [-0.39, 0.29) is 0 Å². The number of rotatable bonds is 6. The van der Waals surface area contributed by atoms with Crippen LogP contribution in [0.2, 0.25) is 10.0 Å². The lowest BCUT2D eigenvalue weighted by atomic mass is 10.1. The molecule has 0 atom stereocenters. The number of hydrogen-bond donors (Lipinski definition) is 1. The number of aromatic nitrogens is 2. The molecule has 6 nitrogen and oxygen atoms in total. The van der Waals surface area contributed by atoms with Gasteiger partial charge in [0.1, 0.15) is 5.75 Å². The fraction of sp³-hybridized carbons (Fsp3) is 0.391. The van der Waals surface area contributed by atoms with Gasteiger partial charge >= 0.3 is 0 Å². The minimum absolute atomic E-state index is 0.453. The van der Waals surface area contributed by atoms with E-state index in [1.165, 1.54) is 0 Å². The minimum Gasteiger partial charge on any atom is -0.497 e. The van der Waals surface area contributed by atoms with Gasteiger partial charge in [0.05, 0.1) is 18.1 Å². The number of nitrogens with two attached hydrogens (primary N) is 1. The average Bonchev–Trinajstić information content (AvgIpc) is 2.76. The maximum Gasteiger partial charge on any atom is 0.172 e. The third-order valence-electron chi connectivity index (χ3n) is 5.66. The molecule has 1 aromatic heterocycles. The maximum absolute atomic E-state index is 6.34. The first kappa shape index (κ1) is 21.9. The fourth-order valence-electron chi connectivity index (χ4n) is 4.04. The Hall–Kier alpha value is -2.28. The monoisotopic (exact) mass is 459 g/mol. The van der Waals surface area contributed by atoms with Gasteiger partial charge in [-0.1, -0.05) is 36.5 Å². The molecule has 164 valence electrons. The van der Waals surface area contributed by atoms with Crippen LogP contribution in [0.3, 0.4) is 0 Å². The molecule has 1 aliphatic rings. The molecule has 0 spiro atoms. The summed E-state index contributed by atoms with van der Waals surface area (Å²) in [6, 6.07) is 9.55. The maximum atomic E-state index is 6.34. The first-order chi connectivity index (χ1) is 15.0. The normalized spacial score (nSPS) is 14.9. The molecule has 3 aromatic rings. The van der Waals surface area contributed by atoms with Gasteiger partial charge in [0.2, 0.25) is 0 Å². The SMILES string of the molecule is CCCc1cc(OC)cc2nc(N)c(N3CCN(Cc4cc(Cl)ccc4Cl)CC3)nc12. The van der Waals surface area contributed by atoms with Gasteiger partial charge in [0.25, 0.3) is 0 Å². The summed E-state index contributed by atoms with van der Waals surface area (Å²) in [5, 5.41) is 1.45. The Morgan fingerprint density at radius 3 is 2.52 bits per heavy atom. The molecule has 2 N–H and O–H groups in total. The van der Waals surface area contributed by atoms with E-state index in [1.807, 2.05) is 30.3 Å². The molecule has 0 aliphatic carbocycles. The summed E-state index contributed by atoms with van der Waals surface area (Å²) in [7, 11) is 1.66. The van der Waals surface area contributed by atoms with Crippen molar-refractivity contribution in [2.24, 2.45) is 0 Å². The van der Waals surface area contributed by atoms with Crippen molar-refractivity contribution in [2.45, 2.75) is 26.3 Å². The zero-order chi connectivity index (χ0) is 22.0. The van der Waals surface area contributed by atoms with Gasteiger partial charge in [-0.15, -0.1) is 0 Å². The van der Waals surface area contributed by atoms with Crippen molar-refractivity contribution in [1.82, 2.24) is 14.9 Å². The van der Waals surface area contributed by atoms with Crippen LogP contribution in [0, 0.1) is 0 Å². The van der Waals surface area contributed by atoms with E-state index >= 15 is 0 Å². The van der Waals surface area contributed by atoms with E-state index in [9.17, 15) is 0 Å². The van der Waals surface area contributed by atoms with Crippen molar-refractivity contribution in [2.75, 3.05) is 43.9 Å². The number of nitrogen functional groups attached to an aromatic ring is 1. The number of anilines is 2. The molecular formula is C23H27Cl2N5O. The summed E-state index contributed by atoms with van der Waals surface area (Å²) in [5.74, 6) is 2.00. The first-order valence-electron chi connectivity index (χ1n) is 10.5. The Kier molecular flexibility index (Phi) is 6.70. The Morgan fingerprint density at radius 2 is 1.81 bits per heavy atom. The lowest BCUT2D eigenvalue weighted by Crippen LogP contribution is -2.46. The number of methoxy groups -OCH3 is 1. The molecule has 0 amide bonds. The first-order valence-corrected chi connectivity index (χ1v) is 11.3. The highest BCUT2D eigenvalue weighted by Gasteiger charge is 2.22. The van der Waals surface area contributed by atoms with E-state index in [1.54, 1.807) is 7.11 Å². The van der Waals surface area contributed by atoms with E-state index in [2.05, 4.69) is 21.7 Å². The van der Waals surface area contributed by atoms with Crippen molar-refractivity contribution in [1.29, 1.82) is 0 Å². The van der Waals surface area contributed by atoms with E-state index < -0.39 is 0 Å². The summed E-state index contributed by atoms with van der Waals surface area (Å²) in [6.07, 6.45) is 1.94. The molecule has 0 bridgehead atoms. The number of benzene rings is 2. The number of nitrogens with zero attached hydrogens (tertiary/aromatic N) is 4. The van der Waals surface area contributed by atoms with Crippen LogP contribution in [0.1, 0.15) is 24.5 Å². The second-order valence-electron chi connectivity index (χ2n) is 7.84. The van der Waals surface area contributed by atoms with E-state index in [4.69, 9.17) is 38.7 Å². The zero-order valence-corrected chi connectivity index (χ0v) is 19.4. The van der Waals surface area contributed by atoms with Gasteiger partial charge in [0, 0.05) is 48.8 Å². The topological polar surface area (TPSA) is 67.5 Å². The van der Waals surface area contributed by atoms with Crippen molar-refractivity contribution in [3.05, 3.63) is 51.5 Å². The average molecular weight is 460 g/mol. The van der Waals surface area contributed by atoms with Crippen LogP contribution in [0.25, 0.3) is 11.0 Å². The third kappa shape index (κ3) is 4.81. The standard InChI is InChI=1S/C23H27Cl2N5O/c1-3-4-15-12-18(31-2)13-20-21(15)28-23(22(26)27-20)30-9-7-29(8-10-30)14-16-11-17(24)5-6-19(16)25/h5-6,11-13H,3-4,7-10,14H2,1-2H3,(H2,26,27). The van der Waals surface area contributed by atoms with Crippen molar-refractivity contribution in [3.8, 4) is 5.75 Å². The Balaban J connectivity index is 1.53. The highest BCUT2D eigenvalue weighted by molar-refractivity contribution is 6.33. The van der Waals surface area contributed by atoms with Gasteiger partial charge in [-0.2, -0.15) is 0 Å². The molecule has 0 saturated carbocycles. The smallest absolute Gasteiger partial charge is 0.172 e. The van der Waals surface area contributed by atoms with Crippen LogP contribution in [0.4, 0.5) is 11.6 Å². The molecule has 2 heterocycles. The lowest BCUT2D eigenvalue weighted by Gasteiger charge is -2.36. The third-order valence-corrected chi connectivity index (χ3v) is 6.26. The molecule has 0 unspecified atom stereocenters. The molecule has 8 heteroatoms. The Bertz CT molecular complexity index is 1080. The van der Waals surface area contributed by atoms with Crippen LogP contribution < -0.4 is 15.4 Å².